The molecule has 0 radical (unpaired) electrons. The van der Waals surface area contributed by atoms with Crippen molar-refractivity contribution in [1.82, 2.24) is 19.5 Å². The summed E-state index contributed by atoms with van der Waals surface area (Å²) in [5.41, 5.74) is 11.9. The van der Waals surface area contributed by atoms with Crippen molar-refractivity contribution < 1.29 is 27.3 Å². The molecular weight excluding hydrogens is 406 g/mol. The molecule has 148 valence electrons. The van der Waals surface area contributed by atoms with Crippen LogP contribution in [0.3, 0.4) is 0 Å². The Kier molecular flexibility index (Phi) is 4.33. The zero-order chi connectivity index (χ0) is 19.6. The van der Waals surface area contributed by atoms with Crippen LogP contribution in [0.4, 0.5) is 16.2 Å². The number of nitrogen functional groups attached to an aromatic ring is 2. The number of aromatic nitrogens is 4. The van der Waals surface area contributed by atoms with Gasteiger partial charge in [0.2, 0.25) is 5.95 Å². The minimum atomic E-state index is -4.14. The van der Waals surface area contributed by atoms with E-state index < -0.39 is 37.5 Å². The van der Waals surface area contributed by atoms with Gasteiger partial charge in [0.25, 0.3) is 5.85 Å². The van der Waals surface area contributed by atoms with E-state index in [1.54, 1.807) is 13.8 Å². The van der Waals surface area contributed by atoms with Gasteiger partial charge in [-0.1, -0.05) is 0 Å². The predicted molar refractivity (Wildman–Crippen MR) is 92.4 cm³/mol. The molecule has 5 atom stereocenters. The minimum absolute atomic E-state index is 0.0576. The van der Waals surface area contributed by atoms with E-state index in [1.165, 1.54) is 10.9 Å². The predicted octanol–water partition coefficient (Wildman–Crippen LogP) is 1.74. The van der Waals surface area contributed by atoms with E-state index in [9.17, 15) is 4.57 Å². The number of phosphoric acid groups is 1. The Balaban J connectivity index is 1.70. The van der Waals surface area contributed by atoms with Crippen LogP contribution in [-0.2, 0) is 22.9 Å². The van der Waals surface area contributed by atoms with Crippen molar-refractivity contribution >= 4 is 42.4 Å². The summed E-state index contributed by atoms with van der Waals surface area (Å²) in [6.45, 7) is 2.86. The topological polar surface area (TPSA) is 150 Å². The quantitative estimate of drug-likeness (QED) is 0.553. The van der Waals surface area contributed by atoms with Gasteiger partial charge in [-0.25, -0.2) is 18.5 Å². The van der Waals surface area contributed by atoms with Gasteiger partial charge in [0.15, 0.2) is 17.7 Å². The van der Waals surface area contributed by atoms with Crippen LogP contribution in [0.5, 0.6) is 0 Å². The molecule has 0 bridgehead atoms. The lowest BCUT2D eigenvalue weighted by molar-refractivity contribution is -0.173. The number of hydrogen-bond acceptors (Lipinski definition) is 10. The van der Waals surface area contributed by atoms with Gasteiger partial charge in [-0.3, -0.25) is 13.6 Å². The number of rotatable bonds is 3. The second-order valence-electron chi connectivity index (χ2n) is 6.39. The van der Waals surface area contributed by atoms with Crippen molar-refractivity contribution in [3.63, 3.8) is 0 Å². The summed E-state index contributed by atoms with van der Waals surface area (Å²) in [6.07, 6.45) is -1.53. The second kappa shape index (κ2) is 6.23. The normalized spacial score (nSPS) is 36.4. The number of phosphoric ester groups is 1. The van der Waals surface area contributed by atoms with Crippen LogP contribution in [0.15, 0.2) is 6.33 Å². The molecule has 0 saturated carbocycles. The molecular formula is C13H17ClFN6O5P. The Bertz CT molecular complexity index is 945. The maximum Gasteiger partial charge on any atom is 0.478 e. The third kappa shape index (κ3) is 2.96. The molecule has 2 fully saturated rings. The van der Waals surface area contributed by atoms with Crippen LogP contribution in [0.2, 0.25) is 0 Å². The largest absolute Gasteiger partial charge is 0.478 e. The zero-order valence-corrected chi connectivity index (χ0v) is 15.9. The summed E-state index contributed by atoms with van der Waals surface area (Å²) in [5, 5.41) is -1.41. The highest BCUT2D eigenvalue weighted by Crippen LogP contribution is 2.62. The smallest absolute Gasteiger partial charge is 0.382 e. The number of nitrogens with two attached hydrogens (primary N) is 2. The average Bonchev–Trinajstić information content (AvgIpc) is 3.06. The number of hydrogen-bond donors (Lipinski definition) is 2. The third-order valence-electron chi connectivity index (χ3n) is 4.08. The Morgan fingerprint density at radius 3 is 2.93 bits per heavy atom. The zero-order valence-electron chi connectivity index (χ0n) is 14.3. The van der Waals surface area contributed by atoms with Crippen LogP contribution >= 0.6 is 19.4 Å². The van der Waals surface area contributed by atoms with Crippen molar-refractivity contribution in [2.45, 2.75) is 43.5 Å². The highest BCUT2D eigenvalue weighted by molar-refractivity contribution is 7.48. The Hall–Kier alpha value is -1.56. The maximum atomic E-state index is 15.6. The molecule has 0 aliphatic carbocycles. The lowest BCUT2D eigenvalue weighted by atomic mass is 10.1. The first-order valence-corrected chi connectivity index (χ1v) is 9.90. The molecule has 4 rings (SSSR count). The fourth-order valence-corrected chi connectivity index (χ4v) is 4.97. The maximum absolute atomic E-state index is 15.6. The Morgan fingerprint density at radius 1 is 1.48 bits per heavy atom. The van der Waals surface area contributed by atoms with Crippen LogP contribution < -0.4 is 11.5 Å². The first-order valence-electron chi connectivity index (χ1n) is 8.00. The van der Waals surface area contributed by atoms with Crippen molar-refractivity contribution in [3.8, 4) is 0 Å². The molecule has 2 saturated heterocycles. The van der Waals surface area contributed by atoms with Crippen LogP contribution in [0, 0.1) is 0 Å². The fraction of sp³-hybridized carbons (Fsp3) is 0.615. The summed E-state index contributed by atoms with van der Waals surface area (Å²) in [6, 6.07) is 0. The van der Waals surface area contributed by atoms with Gasteiger partial charge < -0.3 is 16.2 Å². The summed E-state index contributed by atoms with van der Waals surface area (Å²) < 4.78 is 50.4. The molecule has 0 aromatic carbocycles. The SMILES string of the molecule is CC(C)OP1(=O)OCC2OC(n3cnc4c(N)nc(N)nc43)C(Cl)C2(F)O1. The molecule has 11 nitrogen and oxygen atoms in total. The van der Waals surface area contributed by atoms with E-state index >= 15 is 4.39 Å². The average molecular weight is 423 g/mol. The molecule has 4 heterocycles. The number of imidazole rings is 1. The van der Waals surface area contributed by atoms with Crippen LogP contribution in [-0.4, -0.2) is 49.6 Å². The van der Waals surface area contributed by atoms with Gasteiger partial charge in [0, 0.05) is 0 Å². The standard InChI is InChI=1S/C13H17ClFN6O5P/c1-5(2)25-27(22)23-3-6-13(15,26-27)8(14)11(24-6)21-4-18-7-9(16)19-12(17)20-10(7)21/h4-6,8,11H,3H2,1-2H3,(H4,16,17,19,20). The third-order valence-corrected chi connectivity index (χ3v) is 6.25. The van der Waals surface area contributed by atoms with Crippen LogP contribution in [0.25, 0.3) is 11.2 Å². The summed E-state index contributed by atoms with van der Waals surface area (Å²) >= 11 is 6.32. The van der Waals surface area contributed by atoms with Crippen molar-refractivity contribution in [2.24, 2.45) is 0 Å². The van der Waals surface area contributed by atoms with Gasteiger partial charge in [-0.05, 0) is 13.8 Å². The van der Waals surface area contributed by atoms with Crippen molar-refractivity contribution in [3.05, 3.63) is 6.33 Å². The molecule has 0 spiro atoms. The van der Waals surface area contributed by atoms with Crippen molar-refractivity contribution in [2.75, 3.05) is 18.1 Å². The van der Waals surface area contributed by atoms with E-state index in [2.05, 4.69) is 15.0 Å². The van der Waals surface area contributed by atoms with E-state index in [0.717, 1.165) is 0 Å². The number of halogens is 2. The van der Waals surface area contributed by atoms with Gasteiger partial charge in [-0.2, -0.15) is 9.97 Å². The number of ether oxygens (including phenoxy) is 1. The van der Waals surface area contributed by atoms with E-state index in [4.69, 9.17) is 41.4 Å². The van der Waals surface area contributed by atoms with E-state index in [1.807, 2.05) is 0 Å². The Morgan fingerprint density at radius 2 is 2.22 bits per heavy atom. The first-order chi connectivity index (χ1) is 12.6. The van der Waals surface area contributed by atoms with Gasteiger partial charge >= 0.3 is 7.82 Å². The molecule has 0 amide bonds. The Labute approximate surface area is 157 Å². The highest BCUT2D eigenvalue weighted by atomic mass is 35.5. The molecule has 2 aromatic rings. The lowest BCUT2D eigenvalue weighted by Crippen LogP contribution is -2.48. The van der Waals surface area contributed by atoms with Gasteiger partial charge in [0.1, 0.15) is 17.0 Å². The fourth-order valence-electron chi connectivity index (χ4n) is 2.98. The second-order valence-corrected chi connectivity index (χ2v) is 8.41. The summed E-state index contributed by atoms with van der Waals surface area (Å²) in [7, 11) is -4.14. The lowest BCUT2D eigenvalue weighted by Gasteiger charge is -2.35. The number of nitrogens with zero attached hydrogens (tertiary/aromatic N) is 4. The molecule has 2 aliphatic rings. The first kappa shape index (κ1) is 18.8. The van der Waals surface area contributed by atoms with E-state index in [0.29, 0.717) is 0 Å². The minimum Gasteiger partial charge on any atom is -0.382 e. The monoisotopic (exact) mass is 422 g/mol. The molecule has 2 aliphatic heterocycles. The van der Waals surface area contributed by atoms with Gasteiger partial charge in [0.05, 0.1) is 19.0 Å². The van der Waals surface area contributed by atoms with E-state index in [-0.39, 0.29) is 29.5 Å². The number of anilines is 2. The number of alkyl halides is 2. The van der Waals surface area contributed by atoms with Crippen molar-refractivity contribution in [1.29, 1.82) is 0 Å². The molecule has 2 aromatic heterocycles. The number of fused-ring (bicyclic) bond motifs is 2. The molecule has 14 heteroatoms. The highest BCUT2D eigenvalue weighted by Gasteiger charge is 2.65. The molecule has 4 N–H and O–H groups in total. The summed E-state index contributed by atoms with van der Waals surface area (Å²) in [4.78, 5) is 12.0. The summed E-state index contributed by atoms with van der Waals surface area (Å²) in [5.74, 6) is -2.65. The molecule has 27 heavy (non-hydrogen) atoms. The van der Waals surface area contributed by atoms with Gasteiger partial charge in [-0.15, -0.1) is 11.6 Å². The molecule has 5 unspecified atom stereocenters. The van der Waals surface area contributed by atoms with Crippen LogP contribution in [0.1, 0.15) is 20.1 Å².